The molecular weight excluding hydrogens is 194 g/mol. The Balaban J connectivity index is 4.09. The molecule has 6 heteroatoms. The molecule has 0 bridgehead atoms. The number of thiocarbonyl (C=S) groups is 1. The SMILES string of the molecule is N[C@@H](CCC(=C=S)C(=O)O)C(=O)O. The Hall–Kier alpha value is -1.23. The summed E-state index contributed by atoms with van der Waals surface area (Å²) in [6.07, 6.45) is 0.0624. The summed E-state index contributed by atoms with van der Waals surface area (Å²) in [4.78, 5) is 20.6. The monoisotopic (exact) mass is 203 g/mol. The van der Waals surface area contributed by atoms with Crippen LogP contribution in [0.2, 0.25) is 0 Å². The van der Waals surface area contributed by atoms with Gasteiger partial charge in [0.05, 0.1) is 5.57 Å². The smallest absolute Gasteiger partial charge is 0.340 e. The second kappa shape index (κ2) is 5.42. The van der Waals surface area contributed by atoms with Crippen molar-refractivity contribution in [1.82, 2.24) is 0 Å². The van der Waals surface area contributed by atoms with Gasteiger partial charge in [0.15, 0.2) is 0 Å². The molecular formula is C7H9NO4S. The fourth-order valence-corrected chi connectivity index (χ4v) is 0.814. The molecule has 0 saturated heterocycles. The van der Waals surface area contributed by atoms with Crippen molar-refractivity contribution in [3.8, 4) is 0 Å². The second-order valence-corrected chi connectivity index (χ2v) is 2.57. The molecule has 0 aliphatic carbocycles. The van der Waals surface area contributed by atoms with Gasteiger partial charge < -0.3 is 15.9 Å². The Morgan fingerprint density at radius 2 is 2.00 bits per heavy atom. The van der Waals surface area contributed by atoms with Gasteiger partial charge in [-0.1, -0.05) is 0 Å². The van der Waals surface area contributed by atoms with Gasteiger partial charge in [-0.2, -0.15) is 0 Å². The molecule has 4 N–H and O–H groups in total. The van der Waals surface area contributed by atoms with E-state index in [0.717, 1.165) is 0 Å². The van der Waals surface area contributed by atoms with Crippen molar-refractivity contribution >= 4 is 29.2 Å². The molecule has 0 spiro atoms. The lowest BCUT2D eigenvalue weighted by molar-refractivity contribution is -0.139. The van der Waals surface area contributed by atoms with E-state index in [1.54, 1.807) is 0 Å². The van der Waals surface area contributed by atoms with Crippen LogP contribution in [0.3, 0.4) is 0 Å². The lowest BCUT2D eigenvalue weighted by atomic mass is 10.1. The number of aliphatic carboxylic acids is 2. The third-order valence-corrected chi connectivity index (χ3v) is 1.65. The molecule has 5 nitrogen and oxygen atoms in total. The highest BCUT2D eigenvalue weighted by atomic mass is 32.1. The number of rotatable bonds is 5. The van der Waals surface area contributed by atoms with Crippen LogP contribution in [0.15, 0.2) is 5.57 Å². The summed E-state index contributed by atoms with van der Waals surface area (Å²) in [6, 6.07) is -1.06. The molecule has 0 unspecified atom stereocenters. The van der Waals surface area contributed by atoms with E-state index in [-0.39, 0.29) is 18.4 Å². The predicted octanol–water partition coefficient (Wildman–Crippen LogP) is -0.212. The summed E-state index contributed by atoms with van der Waals surface area (Å²) >= 11 is 4.31. The number of carboxylic acid groups (broad SMARTS) is 2. The Labute approximate surface area is 79.8 Å². The number of hydrogen-bond donors (Lipinski definition) is 3. The minimum atomic E-state index is -1.19. The molecule has 0 saturated carbocycles. The fourth-order valence-electron chi connectivity index (χ4n) is 0.625. The van der Waals surface area contributed by atoms with Gasteiger partial charge >= 0.3 is 11.9 Å². The molecule has 0 amide bonds. The average Bonchev–Trinajstić information content (AvgIpc) is 2.04. The first-order valence-electron chi connectivity index (χ1n) is 3.44. The van der Waals surface area contributed by atoms with Gasteiger partial charge in [0, 0.05) is 0 Å². The van der Waals surface area contributed by atoms with E-state index in [4.69, 9.17) is 15.9 Å². The van der Waals surface area contributed by atoms with Gasteiger partial charge in [-0.15, -0.1) is 0 Å². The summed E-state index contributed by atoms with van der Waals surface area (Å²) in [6.45, 7) is 0. The van der Waals surface area contributed by atoms with Crippen molar-refractivity contribution < 1.29 is 19.8 Å². The highest BCUT2D eigenvalue weighted by molar-refractivity contribution is 7.78. The van der Waals surface area contributed by atoms with Gasteiger partial charge in [0.25, 0.3) is 0 Å². The van der Waals surface area contributed by atoms with Gasteiger partial charge in [0.2, 0.25) is 0 Å². The van der Waals surface area contributed by atoms with Crippen LogP contribution in [-0.2, 0) is 9.59 Å². The number of hydrogen-bond acceptors (Lipinski definition) is 4. The summed E-state index contributed by atoms with van der Waals surface area (Å²) in [7, 11) is 0. The Kier molecular flexibility index (Phi) is 4.91. The lowest BCUT2D eigenvalue weighted by Gasteiger charge is -2.04. The maximum Gasteiger partial charge on any atom is 0.340 e. The van der Waals surface area contributed by atoms with Crippen molar-refractivity contribution in [2.45, 2.75) is 18.9 Å². The van der Waals surface area contributed by atoms with Gasteiger partial charge in [-0.25, -0.2) is 4.79 Å². The molecule has 0 aliphatic rings. The zero-order chi connectivity index (χ0) is 10.4. The standard InChI is InChI=1S/C7H9NO4S/c8-5(7(11)12)2-1-4(3-13)6(9)10/h5H,1-2,8H2,(H,9,10)(H,11,12)/t5-/m0/s1. The molecule has 0 aromatic rings. The molecule has 0 fully saturated rings. The molecule has 0 rings (SSSR count). The van der Waals surface area contributed by atoms with Gasteiger partial charge in [0.1, 0.15) is 6.04 Å². The van der Waals surface area contributed by atoms with Crippen molar-refractivity contribution in [3.05, 3.63) is 5.57 Å². The molecule has 13 heavy (non-hydrogen) atoms. The first kappa shape index (κ1) is 11.8. The highest BCUT2D eigenvalue weighted by Crippen LogP contribution is 2.04. The van der Waals surface area contributed by atoms with Crippen molar-refractivity contribution in [3.63, 3.8) is 0 Å². The predicted molar refractivity (Wildman–Crippen MR) is 48.6 cm³/mol. The largest absolute Gasteiger partial charge is 0.480 e. The first-order chi connectivity index (χ1) is 5.99. The van der Waals surface area contributed by atoms with E-state index in [1.807, 2.05) is 5.02 Å². The molecule has 1 atom stereocenters. The summed E-state index contributed by atoms with van der Waals surface area (Å²) < 4.78 is 0. The Bertz CT molecular complexity index is 270. The molecule has 0 radical (unpaired) electrons. The summed E-state index contributed by atoms with van der Waals surface area (Å²) in [5.74, 6) is -2.35. The van der Waals surface area contributed by atoms with E-state index in [9.17, 15) is 9.59 Å². The van der Waals surface area contributed by atoms with Crippen LogP contribution in [-0.4, -0.2) is 33.2 Å². The van der Waals surface area contributed by atoms with Crippen LogP contribution in [0.1, 0.15) is 12.8 Å². The van der Waals surface area contributed by atoms with Gasteiger partial charge in [-0.05, 0) is 30.1 Å². The molecule has 0 aromatic carbocycles. The summed E-state index contributed by atoms with van der Waals surface area (Å²) in [5, 5.41) is 18.9. The molecule has 0 heterocycles. The Morgan fingerprint density at radius 3 is 2.31 bits per heavy atom. The topological polar surface area (TPSA) is 101 Å². The highest BCUT2D eigenvalue weighted by Gasteiger charge is 2.14. The van der Waals surface area contributed by atoms with Gasteiger partial charge in [-0.3, -0.25) is 4.79 Å². The quantitative estimate of drug-likeness (QED) is 0.422. The van der Waals surface area contributed by atoms with E-state index in [1.165, 1.54) is 0 Å². The van der Waals surface area contributed by atoms with Crippen LogP contribution < -0.4 is 5.73 Å². The average molecular weight is 203 g/mol. The Morgan fingerprint density at radius 1 is 1.46 bits per heavy atom. The molecule has 0 aromatic heterocycles. The normalized spacial score (nSPS) is 11.5. The van der Waals surface area contributed by atoms with Crippen LogP contribution in [0.4, 0.5) is 0 Å². The van der Waals surface area contributed by atoms with Crippen LogP contribution in [0.25, 0.3) is 0 Å². The number of carbonyl (C=O) groups is 2. The molecule has 0 aliphatic heterocycles. The zero-order valence-corrected chi connectivity index (χ0v) is 7.50. The van der Waals surface area contributed by atoms with Crippen molar-refractivity contribution in [2.75, 3.05) is 0 Å². The third-order valence-electron chi connectivity index (χ3n) is 1.40. The molecule has 72 valence electrons. The lowest BCUT2D eigenvalue weighted by Crippen LogP contribution is -2.30. The van der Waals surface area contributed by atoms with Crippen LogP contribution in [0.5, 0.6) is 0 Å². The second-order valence-electron chi connectivity index (χ2n) is 2.37. The van der Waals surface area contributed by atoms with E-state index < -0.39 is 18.0 Å². The minimum absolute atomic E-state index is 0.0201. The first-order valence-corrected chi connectivity index (χ1v) is 3.85. The number of carboxylic acids is 2. The maximum atomic E-state index is 10.4. The summed E-state index contributed by atoms with van der Waals surface area (Å²) in [5.41, 5.74) is 5.03. The van der Waals surface area contributed by atoms with Crippen LogP contribution in [0, 0.1) is 0 Å². The van der Waals surface area contributed by atoms with Crippen molar-refractivity contribution in [1.29, 1.82) is 0 Å². The van der Waals surface area contributed by atoms with Crippen molar-refractivity contribution in [2.24, 2.45) is 5.73 Å². The third kappa shape index (κ3) is 4.37. The number of nitrogens with two attached hydrogens (primary N) is 1. The van der Waals surface area contributed by atoms with E-state index in [0.29, 0.717) is 0 Å². The fraction of sp³-hybridized carbons (Fsp3) is 0.429. The van der Waals surface area contributed by atoms with E-state index >= 15 is 0 Å². The van der Waals surface area contributed by atoms with E-state index in [2.05, 4.69) is 12.2 Å². The minimum Gasteiger partial charge on any atom is -0.480 e. The zero-order valence-electron chi connectivity index (χ0n) is 6.69. The van der Waals surface area contributed by atoms with Crippen LogP contribution >= 0.6 is 12.2 Å². The maximum absolute atomic E-state index is 10.4.